The van der Waals surface area contributed by atoms with Crippen molar-refractivity contribution in [1.82, 2.24) is 20.4 Å². The third kappa shape index (κ3) is 6.35. The van der Waals surface area contributed by atoms with Crippen LogP contribution in [0.3, 0.4) is 0 Å². The Morgan fingerprint density at radius 3 is 2.23 bits per heavy atom. The molecule has 30 heavy (non-hydrogen) atoms. The number of nitrogens with zero attached hydrogens (tertiary/aromatic N) is 2. The molecule has 7 nitrogen and oxygen atoms in total. The Hall–Kier alpha value is -1.79. The molecule has 0 radical (unpaired) electrons. The number of hydrogen-bond acceptors (Lipinski definition) is 3. The maximum Gasteiger partial charge on any atom is 0.317 e. The Morgan fingerprint density at radius 2 is 1.70 bits per heavy atom. The van der Waals surface area contributed by atoms with Crippen LogP contribution in [0.2, 0.25) is 0 Å². The normalized spacial score (nSPS) is 22.9. The zero-order valence-corrected chi connectivity index (χ0v) is 19.8. The van der Waals surface area contributed by atoms with E-state index >= 15 is 0 Å². The van der Waals surface area contributed by atoms with Crippen molar-refractivity contribution in [3.8, 4) is 0 Å². The molecule has 1 aliphatic carbocycles. The third-order valence-electron chi connectivity index (χ3n) is 6.58. The monoisotopic (exact) mass is 422 g/mol. The Morgan fingerprint density at radius 1 is 1.07 bits per heavy atom. The molecular weight excluding hydrogens is 380 g/mol. The first kappa shape index (κ1) is 24.5. The highest BCUT2D eigenvalue weighted by atomic mass is 16.2. The molecule has 4 amide bonds. The van der Waals surface area contributed by atoms with Crippen molar-refractivity contribution in [2.45, 2.75) is 98.2 Å². The molecule has 2 fully saturated rings. The molecular formula is C23H42N4O3. The van der Waals surface area contributed by atoms with Crippen molar-refractivity contribution in [2.24, 2.45) is 11.3 Å². The van der Waals surface area contributed by atoms with E-state index < -0.39 is 11.5 Å². The van der Waals surface area contributed by atoms with Crippen LogP contribution in [0.4, 0.5) is 4.79 Å². The van der Waals surface area contributed by atoms with Crippen LogP contribution in [0.5, 0.6) is 0 Å². The molecule has 3 atom stereocenters. The fourth-order valence-electron chi connectivity index (χ4n) is 4.20. The number of amides is 4. The molecule has 0 aromatic carbocycles. The molecule has 0 aromatic heterocycles. The van der Waals surface area contributed by atoms with Crippen molar-refractivity contribution in [1.29, 1.82) is 0 Å². The minimum atomic E-state index is -0.546. The van der Waals surface area contributed by atoms with Crippen LogP contribution in [0.15, 0.2) is 0 Å². The van der Waals surface area contributed by atoms with E-state index in [4.69, 9.17) is 0 Å². The second-order valence-corrected chi connectivity index (χ2v) is 10.2. The molecule has 0 spiro atoms. The molecule has 7 heteroatoms. The summed E-state index contributed by atoms with van der Waals surface area (Å²) in [4.78, 5) is 42.2. The van der Waals surface area contributed by atoms with Gasteiger partial charge < -0.3 is 20.4 Å². The van der Waals surface area contributed by atoms with Gasteiger partial charge >= 0.3 is 6.03 Å². The second kappa shape index (κ2) is 10.5. The third-order valence-corrected chi connectivity index (χ3v) is 6.58. The van der Waals surface area contributed by atoms with E-state index in [1.165, 1.54) is 19.3 Å². The second-order valence-electron chi connectivity index (χ2n) is 10.2. The van der Waals surface area contributed by atoms with E-state index in [1.807, 2.05) is 51.3 Å². The Kier molecular flexibility index (Phi) is 8.56. The topological polar surface area (TPSA) is 81.8 Å². The van der Waals surface area contributed by atoms with Gasteiger partial charge in [0.2, 0.25) is 11.8 Å². The van der Waals surface area contributed by atoms with Crippen LogP contribution in [0.25, 0.3) is 0 Å². The molecule has 1 heterocycles. The van der Waals surface area contributed by atoms with Crippen molar-refractivity contribution < 1.29 is 14.4 Å². The van der Waals surface area contributed by atoms with E-state index in [0.29, 0.717) is 19.6 Å². The van der Waals surface area contributed by atoms with E-state index in [9.17, 15) is 14.4 Å². The maximum atomic E-state index is 13.3. The summed E-state index contributed by atoms with van der Waals surface area (Å²) in [6.07, 6.45) is 6.54. The number of carbonyl (C=O) groups is 3. The highest BCUT2D eigenvalue weighted by Gasteiger charge is 2.37. The van der Waals surface area contributed by atoms with Gasteiger partial charge in [-0.05, 0) is 25.7 Å². The molecule has 0 aromatic rings. The summed E-state index contributed by atoms with van der Waals surface area (Å²) in [5.74, 6) is -0.104. The van der Waals surface area contributed by atoms with Crippen molar-refractivity contribution >= 4 is 17.8 Å². The number of nitrogens with one attached hydrogen (secondary N) is 2. The van der Waals surface area contributed by atoms with Gasteiger partial charge in [-0.2, -0.15) is 0 Å². The van der Waals surface area contributed by atoms with Gasteiger partial charge in [0.05, 0.1) is 0 Å². The molecule has 2 N–H and O–H groups in total. The largest absolute Gasteiger partial charge is 0.344 e. The smallest absolute Gasteiger partial charge is 0.317 e. The van der Waals surface area contributed by atoms with Gasteiger partial charge in [-0.15, -0.1) is 0 Å². The molecule has 172 valence electrons. The number of rotatable bonds is 5. The fourth-order valence-corrected chi connectivity index (χ4v) is 4.20. The summed E-state index contributed by atoms with van der Waals surface area (Å²) in [5.41, 5.74) is -0.546. The highest BCUT2D eigenvalue weighted by molar-refractivity contribution is 5.90. The predicted octanol–water partition coefficient (Wildman–Crippen LogP) is 3.14. The van der Waals surface area contributed by atoms with Gasteiger partial charge in [0, 0.05) is 37.1 Å². The summed E-state index contributed by atoms with van der Waals surface area (Å²) >= 11 is 0. The predicted molar refractivity (Wildman–Crippen MR) is 119 cm³/mol. The van der Waals surface area contributed by atoms with Crippen molar-refractivity contribution in [3.63, 3.8) is 0 Å². The number of carbonyl (C=O) groups excluding carboxylic acids is 3. The van der Waals surface area contributed by atoms with Crippen LogP contribution in [0.1, 0.15) is 80.1 Å². The van der Waals surface area contributed by atoms with Crippen molar-refractivity contribution in [2.75, 3.05) is 19.6 Å². The molecule has 0 bridgehead atoms. The summed E-state index contributed by atoms with van der Waals surface area (Å²) in [5, 5.41) is 6.17. The standard InChI is InChI=1S/C23H42N4O3/c1-7-16(2)19(25-21(29)23(4,5)6)20(28)26-13-14-27(17(3)15-26)22(30)24-18-11-9-8-10-12-18/h16-19H,7-15H2,1-6H3,(H,24,30)(H,25,29). The molecule has 3 unspecified atom stereocenters. The maximum absolute atomic E-state index is 13.3. The summed E-state index contributed by atoms with van der Waals surface area (Å²) in [6, 6.07) is -0.319. The van der Waals surface area contributed by atoms with E-state index in [1.54, 1.807) is 0 Å². The molecule has 1 aliphatic heterocycles. The lowest BCUT2D eigenvalue weighted by Crippen LogP contribution is -2.62. The van der Waals surface area contributed by atoms with E-state index in [-0.39, 0.29) is 35.8 Å². The average Bonchev–Trinajstić information content (AvgIpc) is 2.70. The average molecular weight is 423 g/mol. The van der Waals surface area contributed by atoms with Crippen LogP contribution < -0.4 is 10.6 Å². The zero-order valence-electron chi connectivity index (χ0n) is 19.8. The Balaban J connectivity index is 1.97. The lowest BCUT2D eigenvalue weighted by Gasteiger charge is -2.42. The lowest BCUT2D eigenvalue weighted by atomic mass is 9.92. The van der Waals surface area contributed by atoms with Crippen LogP contribution in [-0.2, 0) is 9.59 Å². The SMILES string of the molecule is CCC(C)C(NC(=O)C(C)(C)C)C(=O)N1CCN(C(=O)NC2CCCCC2)C(C)C1. The van der Waals surface area contributed by atoms with Gasteiger partial charge in [-0.25, -0.2) is 4.79 Å². The van der Waals surface area contributed by atoms with Crippen LogP contribution in [0, 0.1) is 11.3 Å². The summed E-state index contributed by atoms with van der Waals surface area (Å²) in [6.45, 7) is 13.1. The first-order chi connectivity index (χ1) is 14.0. The quantitative estimate of drug-likeness (QED) is 0.714. The first-order valence-electron chi connectivity index (χ1n) is 11.7. The van der Waals surface area contributed by atoms with Crippen LogP contribution in [-0.4, -0.2) is 65.4 Å². The Labute approximate surface area is 182 Å². The van der Waals surface area contributed by atoms with Gasteiger partial charge in [-0.1, -0.05) is 60.3 Å². The van der Waals surface area contributed by atoms with Gasteiger partial charge in [0.15, 0.2) is 0 Å². The number of urea groups is 1. The van der Waals surface area contributed by atoms with Crippen LogP contribution >= 0.6 is 0 Å². The number of piperazine rings is 1. The van der Waals surface area contributed by atoms with Gasteiger partial charge in [-0.3, -0.25) is 9.59 Å². The molecule has 1 saturated heterocycles. The lowest BCUT2D eigenvalue weighted by molar-refractivity contribution is -0.141. The fraction of sp³-hybridized carbons (Fsp3) is 0.870. The molecule has 1 saturated carbocycles. The van der Waals surface area contributed by atoms with E-state index in [0.717, 1.165) is 19.3 Å². The molecule has 2 rings (SSSR count). The first-order valence-corrected chi connectivity index (χ1v) is 11.7. The number of hydrogen-bond donors (Lipinski definition) is 2. The summed E-state index contributed by atoms with van der Waals surface area (Å²) < 4.78 is 0. The van der Waals surface area contributed by atoms with Crippen molar-refractivity contribution in [3.05, 3.63) is 0 Å². The summed E-state index contributed by atoms with van der Waals surface area (Å²) in [7, 11) is 0. The zero-order chi connectivity index (χ0) is 22.5. The molecule has 2 aliphatic rings. The van der Waals surface area contributed by atoms with E-state index in [2.05, 4.69) is 10.6 Å². The highest BCUT2D eigenvalue weighted by Crippen LogP contribution is 2.20. The Bertz CT molecular complexity index is 610. The minimum Gasteiger partial charge on any atom is -0.344 e. The van der Waals surface area contributed by atoms with Gasteiger partial charge in [0.1, 0.15) is 6.04 Å². The minimum absolute atomic E-state index is 0.0130. The van der Waals surface area contributed by atoms with Gasteiger partial charge in [0.25, 0.3) is 0 Å².